The molecule has 2 amide bonds. The Hall–Kier alpha value is -3.20. The summed E-state index contributed by atoms with van der Waals surface area (Å²) in [4.78, 5) is 29.3. The number of hydrogen-bond acceptors (Lipinski definition) is 5. The van der Waals surface area contributed by atoms with E-state index in [1.165, 1.54) is 28.9 Å². The average Bonchev–Trinajstić information content (AvgIpc) is 3.40. The van der Waals surface area contributed by atoms with Crippen LogP contribution in [0.2, 0.25) is 0 Å². The molecule has 0 saturated carbocycles. The van der Waals surface area contributed by atoms with Crippen LogP contribution in [0.5, 0.6) is 0 Å². The lowest BCUT2D eigenvalue weighted by Gasteiger charge is -2.38. The van der Waals surface area contributed by atoms with Crippen LogP contribution < -0.4 is 5.32 Å². The fourth-order valence-electron chi connectivity index (χ4n) is 4.17. The second-order valence-corrected chi connectivity index (χ2v) is 8.20. The standard InChI is InChI=1S/C22H28N6O3/c1-23-21(30)19-14-28(26-25-19)15-22(31)9-11-27(12-10-22)20(29)8-4-5-16-13-24-18-7-3-2-6-17(16)18/h2-3,6-7,13-14,24,31H,4-5,8-12,15H2,1H3,(H,23,30). The highest BCUT2D eigenvalue weighted by atomic mass is 16.3. The number of rotatable bonds is 7. The Morgan fingerprint density at radius 2 is 2.03 bits per heavy atom. The lowest BCUT2D eigenvalue weighted by molar-refractivity contribution is -0.136. The highest BCUT2D eigenvalue weighted by Crippen LogP contribution is 2.25. The van der Waals surface area contributed by atoms with E-state index in [1.54, 1.807) is 0 Å². The van der Waals surface area contributed by atoms with Crippen molar-refractivity contribution in [2.24, 2.45) is 0 Å². The van der Waals surface area contributed by atoms with Crippen LogP contribution in [0.4, 0.5) is 0 Å². The van der Waals surface area contributed by atoms with Crippen LogP contribution in [0, 0.1) is 0 Å². The molecule has 0 aliphatic carbocycles. The Kier molecular flexibility index (Phi) is 6.03. The third-order valence-corrected chi connectivity index (χ3v) is 6.01. The summed E-state index contributed by atoms with van der Waals surface area (Å²) in [5.41, 5.74) is 1.61. The number of aryl methyl sites for hydroxylation is 1. The molecule has 0 atom stereocenters. The zero-order valence-electron chi connectivity index (χ0n) is 17.7. The molecule has 0 bridgehead atoms. The molecule has 1 saturated heterocycles. The van der Waals surface area contributed by atoms with Crippen molar-refractivity contribution in [3.63, 3.8) is 0 Å². The van der Waals surface area contributed by atoms with E-state index < -0.39 is 5.60 Å². The molecule has 9 heteroatoms. The van der Waals surface area contributed by atoms with Gasteiger partial charge in [-0.15, -0.1) is 5.10 Å². The second-order valence-electron chi connectivity index (χ2n) is 8.20. The van der Waals surface area contributed by atoms with E-state index in [2.05, 4.69) is 32.7 Å². The molecule has 3 N–H and O–H groups in total. The highest BCUT2D eigenvalue weighted by molar-refractivity contribution is 5.91. The van der Waals surface area contributed by atoms with Gasteiger partial charge in [-0.1, -0.05) is 23.4 Å². The Morgan fingerprint density at radius 1 is 1.26 bits per heavy atom. The molecule has 1 aliphatic rings. The van der Waals surface area contributed by atoms with E-state index in [4.69, 9.17) is 0 Å². The number of aromatic nitrogens is 4. The smallest absolute Gasteiger partial charge is 0.273 e. The molecule has 164 valence electrons. The van der Waals surface area contributed by atoms with Gasteiger partial charge >= 0.3 is 0 Å². The molecule has 2 aromatic heterocycles. The number of carbonyl (C=O) groups excluding carboxylic acids is 2. The number of benzene rings is 1. The molecule has 31 heavy (non-hydrogen) atoms. The number of nitrogens with zero attached hydrogens (tertiary/aromatic N) is 4. The van der Waals surface area contributed by atoms with Crippen LogP contribution in [0.15, 0.2) is 36.7 Å². The monoisotopic (exact) mass is 424 g/mol. The minimum absolute atomic E-state index is 0.129. The van der Waals surface area contributed by atoms with Crippen LogP contribution in [-0.2, 0) is 17.8 Å². The van der Waals surface area contributed by atoms with Crippen LogP contribution in [0.1, 0.15) is 41.7 Å². The molecule has 1 fully saturated rings. The largest absolute Gasteiger partial charge is 0.388 e. The predicted molar refractivity (Wildman–Crippen MR) is 115 cm³/mol. The third-order valence-electron chi connectivity index (χ3n) is 6.01. The van der Waals surface area contributed by atoms with Gasteiger partial charge in [-0.3, -0.25) is 9.59 Å². The van der Waals surface area contributed by atoms with Gasteiger partial charge in [0.2, 0.25) is 5.91 Å². The number of para-hydroxylation sites is 1. The third kappa shape index (κ3) is 4.77. The van der Waals surface area contributed by atoms with Crippen molar-refractivity contribution in [1.29, 1.82) is 0 Å². The van der Waals surface area contributed by atoms with Gasteiger partial charge < -0.3 is 20.3 Å². The van der Waals surface area contributed by atoms with E-state index >= 15 is 0 Å². The topological polar surface area (TPSA) is 116 Å². The summed E-state index contributed by atoms with van der Waals surface area (Å²) in [5.74, 6) is -0.184. The van der Waals surface area contributed by atoms with Crippen molar-refractivity contribution >= 4 is 22.7 Å². The molecule has 4 rings (SSSR count). The number of nitrogens with one attached hydrogen (secondary N) is 2. The van der Waals surface area contributed by atoms with Crippen LogP contribution in [0.3, 0.4) is 0 Å². The SMILES string of the molecule is CNC(=O)c1cn(CC2(O)CCN(C(=O)CCCc3c[nH]c4ccccc34)CC2)nn1. The first-order valence-corrected chi connectivity index (χ1v) is 10.6. The second kappa shape index (κ2) is 8.89. The summed E-state index contributed by atoms with van der Waals surface area (Å²) < 4.78 is 1.49. The van der Waals surface area contributed by atoms with Crippen molar-refractivity contribution in [1.82, 2.24) is 30.2 Å². The molecule has 1 aliphatic heterocycles. The van der Waals surface area contributed by atoms with Crippen molar-refractivity contribution in [2.45, 2.75) is 44.2 Å². The number of piperidine rings is 1. The molecule has 3 aromatic rings. The van der Waals surface area contributed by atoms with Crippen LogP contribution in [-0.4, -0.2) is 67.5 Å². The Labute approximate surface area is 180 Å². The normalized spacial score (nSPS) is 15.9. The Bertz CT molecular complexity index is 1060. The first kappa shape index (κ1) is 21.0. The molecule has 0 radical (unpaired) electrons. The van der Waals surface area contributed by atoms with Crippen molar-refractivity contribution in [3.05, 3.63) is 47.9 Å². The number of fused-ring (bicyclic) bond motifs is 1. The maximum Gasteiger partial charge on any atom is 0.273 e. The van der Waals surface area contributed by atoms with Gasteiger partial charge in [0, 0.05) is 43.7 Å². The van der Waals surface area contributed by atoms with E-state index in [1.807, 2.05) is 23.2 Å². The number of aromatic amines is 1. The fraction of sp³-hybridized carbons (Fsp3) is 0.455. The zero-order valence-corrected chi connectivity index (χ0v) is 17.7. The summed E-state index contributed by atoms with van der Waals surface area (Å²) in [6, 6.07) is 8.19. The minimum atomic E-state index is -0.964. The average molecular weight is 425 g/mol. The molecule has 3 heterocycles. The first-order chi connectivity index (χ1) is 15.0. The van der Waals surface area contributed by atoms with E-state index in [-0.39, 0.29) is 24.1 Å². The molecule has 0 spiro atoms. The molecule has 0 unspecified atom stereocenters. The maximum absolute atomic E-state index is 12.6. The van der Waals surface area contributed by atoms with E-state index in [9.17, 15) is 14.7 Å². The quantitative estimate of drug-likeness (QED) is 0.531. The Balaban J connectivity index is 1.24. The Morgan fingerprint density at radius 3 is 2.81 bits per heavy atom. The van der Waals surface area contributed by atoms with Crippen LogP contribution >= 0.6 is 0 Å². The summed E-state index contributed by atoms with van der Waals surface area (Å²) >= 11 is 0. The summed E-state index contributed by atoms with van der Waals surface area (Å²) in [6.45, 7) is 1.28. The number of carbonyl (C=O) groups is 2. The van der Waals surface area contributed by atoms with Crippen molar-refractivity contribution < 1.29 is 14.7 Å². The maximum atomic E-state index is 12.6. The molecule has 9 nitrogen and oxygen atoms in total. The van der Waals surface area contributed by atoms with Crippen molar-refractivity contribution in [3.8, 4) is 0 Å². The van der Waals surface area contributed by atoms with Gasteiger partial charge in [-0.2, -0.15) is 0 Å². The number of H-pyrrole nitrogens is 1. The molecule has 1 aromatic carbocycles. The highest BCUT2D eigenvalue weighted by Gasteiger charge is 2.34. The van der Waals surface area contributed by atoms with Gasteiger partial charge in [0.1, 0.15) is 0 Å². The predicted octanol–water partition coefficient (Wildman–Crippen LogP) is 1.50. The van der Waals surface area contributed by atoms with Gasteiger partial charge in [0.25, 0.3) is 5.91 Å². The zero-order chi connectivity index (χ0) is 21.8. The number of likely N-dealkylation sites (tertiary alicyclic amines) is 1. The summed E-state index contributed by atoms with van der Waals surface area (Å²) in [6.07, 6.45) is 6.63. The van der Waals surface area contributed by atoms with E-state index in [0.717, 1.165) is 18.4 Å². The number of hydrogen-bond donors (Lipinski definition) is 3. The van der Waals surface area contributed by atoms with Gasteiger partial charge in [0.05, 0.1) is 18.3 Å². The van der Waals surface area contributed by atoms with Gasteiger partial charge in [-0.25, -0.2) is 4.68 Å². The van der Waals surface area contributed by atoms with Gasteiger partial charge in [0.15, 0.2) is 5.69 Å². The first-order valence-electron chi connectivity index (χ1n) is 10.6. The lowest BCUT2D eigenvalue weighted by Crippen LogP contribution is -2.48. The molecular weight excluding hydrogens is 396 g/mol. The van der Waals surface area contributed by atoms with Crippen molar-refractivity contribution in [2.75, 3.05) is 20.1 Å². The van der Waals surface area contributed by atoms with Gasteiger partial charge in [-0.05, 0) is 37.3 Å². The molecular formula is C22H28N6O3. The van der Waals surface area contributed by atoms with Crippen LogP contribution in [0.25, 0.3) is 10.9 Å². The fourth-order valence-corrected chi connectivity index (χ4v) is 4.17. The van der Waals surface area contributed by atoms with E-state index in [0.29, 0.717) is 32.4 Å². The lowest BCUT2D eigenvalue weighted by atomic mass is 9.91. The number of amides is 2. The summed E-state index contributed by atoms with van der Waals surface area (Å²) in [7, 11) is 1.53. The number of aliphatic hydroxyl groups is 1. The summed E-state index contributed by atoms with van der Waals surface area (Å²) in [5, 5.41) is 22.4. The minimum Gasteiger partial charge on any atom is -0.388 e.